The first kappa shape index (κ1) is 15.6. The van der Waals surface area contributed by atoms with Crippen molar-refractivity contribution in [3.05, 3.63) is 29.8 Å². The molecule has 1 aromatic rings. The third-order valence-electron chi connectivity index (χ3n) is 3.18. The molecule has 2 rings (SSSR count). The second-order valence-corrected chi connectivity index (χ2v) is 5.25. The normalized spacial score (nSPS) is 23.0. The Hall–Kier alpha value is -1.76. The molecule has 4 nitrogen and oxygen atoms in total. The minimum absolute atomic E-state index is 0.186. The van der Waals surface area contributed by atoms with Crippen molar-refractivity contribution in [2.24, 2.45) is 0 Å². The number of benzene rings is 1. The van der Waals surface area contributed by atoms with Crippen LogP contribution in [0.2, 0.25) is 0 Å². The lowest BCUT2D eigenvalue weighted by atomic mass is 10.1. The van der Waals surface area contributed by atoms with Crippen LogP contribution in [-0.2, 0) is 0 Å². The van der Waals surface area contributed by atoms with Crippen LogP contribution >= 0.6 is 0 Å². The van der Waals surface area contributed by atoms with Crippen molar-refractivity contribution in [1.29, 1.82) is 0 Å². The number of carbonyl (C=O) groups excluding carboxylic acids is 1. The fraction of sp³-hybridized carbons (Fsp3) is 0.500. The lowest BCUT2D eigenvalue weighted by Gasteiger charge is -2.36. The number of ether oxygens (including phenoxy) is 1. The Bertz CT molecular complexity index is 492. The molecule has 1 aliphatic rings. The number of halogens is 3. The molecule has 1 N–H and O–H groups in total. The minimum atomic E-state index is -4.73. The molecule has 1 aromatic carbocycles. The highest BCUT2D eigenvalue weighted by atomic mass is 19.4. The van der Waals surface area contributed by atoms with Crippen molar-refractivity contribution < 1.29 is 22.7 Å². The van der Waals surface area contributed by atoms with Crippen molar-refractivity contribution in [2.75, 3.05) is 13.1 Å². The summed E-state index contributed by atoms with van der Waals surface area (Å²) < 4.78 is 40.0. The fourth-order valence-corrected chi connectivity index (χ4v) is 2.47. The molecule has 1 aliphatic heterocycles. The van der Waals surface area contributed by atoms with Crippen LogP contribution in [0, 0.1) is 0 Å². The van der Waals surface area contributed by atoms with Gasteiger partial charge in [-0.2, -0.15) is 0 Å². The molecule has 0 aliphatic carbocycles. The number of hydrogen-bond acceptors (Lipinski definition) is 3. The summed E-state index contributed by atoms with van der Waals surface area (Å²) in [6.45, 7) is 5.11. The number of carbonyl (C=O) groups is 1. The van der Waals surface area contributed by atoms with E-state index in [1.54, 1.807) is 4.90 Å². The first-order valence-corrected chi connectivity index (χ1v) is 6.66. The highest BCUT2D eigenvalue weighted by Crippen LogP contribution is 2.23. The van der Waals surface area contributed by atoms with E-state index in [1.165, 1.54) is 12.1 Å². The van der Waals surface area contributed by atoms with Gasteiger partial charge in [0, 0.05) is 30.7 Å². The van der Waals surface area contributed by atoms with Gasteiger partial charge in [0.25, 0.3) is 5.91 Å². The highest BCUT2D eigenvalue weighted by molar-refractivity contribution is 5.94. The van der Waals surface area contributed by atoms with Crippen molar-refractivity contribution in [2.45, 2.75) is 32.3 Å². The summed E-state index contributed by atoms with van der Waals surface area (Å²) in [6.07, 6.45) is -4.73. The number of amides is 1. The molecule has 21 heavy (non-hydrogen) atoms. The average molecular weight is 302 g/mol. The topological polar surface area (TPSA) is 41.6 Å². The van der Waals surface area contributed by atoms with Crippen LogP contribution in [0.1, 0.15) is 24.2 Å². The van der Waals surface area contributed by atoms with E-state index in [1.807, 2.05) is 13.8 Å². The van der Waals surface area contributed by atoms with Crippen LogP contribution in [-0.4, -0.2) is 42.3 Å². The fourth-order valence-electron chi connectivity index (χ4n) is 2.47. The van der Waals surface area contributed by atoms with Gasteiger partial charge >= 0.3 is 6.36 Å². The second kappa shape index (κ2) is 5.93. The van der Waals surface area contributed by atoms with Crippen LogP contribution in [0.3, 0.4) is 0 Å². The van der Waals surface area contributed by atoms with E-state index in [9.17, 15) is 18.0 Å². The Labute approximate surface area is 120 Å². The molecular formula is C14H17F3N2O2. The van der Waals surface area contributed by atoms with E-state index >= 15 is 0 Å². The molecule has 7 heteroatoms. The third kappa shape index (κ3) is 4.35. The number of rotatable bonds is 2. The summed E-state index contributed by atoms with van der Waals surface area (Å²) in [6, 6.07) is 5.36. The van der Waals surface area contributed by atoms with Gasteiger partial charge in [-0.25, -0.2) is 0 Å². The van der Waals surface area contributed by atoms with E-state index < -0.39 is 6.36 Å². The van der Waals surface area contributed by atoms with Gasteiger partial charge in [0.15, 0.2) is 0 Å². The molecule has 1 amide bonds. The third-order valence-corrected chi connectivity index (χ3v) is 3.18. The molecule has 0 bridgehead atoms. The molecule has 2 atom stereocenters. The monoisotopic (exact) mass is 302 g/mol. The maximum Gasteiger partial charge on any atom is 0.573 e. The Kier molecular flexibility index (Phi) is 4.41. The van der Waals surface area contributed by atoms with Crippen LogP contribution in [0.25, 0.3) is 0 Å². The van der Waals surface area contributed by atoms with Crippen LogP contribution in [0.5, 0.6) is 5.75 Å². The number of nitrogens with zero attached hydrogens (tertiary/aromatic N) is 1. The van der Waals surface area contributed by atoms with E-state index in [4.69, 9.17) is 0 Å². The zero-order valence-corrected chi connectivity index (χ0v) is 11.8. The summed E-state index contributed by atoms with van der Waals surface area (Å²) in [5.74, 6) is -0.519. The maximum absolute atomic E-state index is 12.3. The standard InChI is InChI=1S/C14H17F3N2O2/c1-9-7-19(8-10(2)18-9)13(20)11-3-5-12(6-4-11)21-14(15,16)17/h3-6,9-10,18H,7-8H2,1-2H3. The van der Waals surface area contributed by atoms with Gasteiger partial charge in [0.1, 0.15) is 5.75 Å². The van der Waals surface area contributed by atoms with E-state index in [0.29, 0.717) is 18.7 Å². The lowest BCUT2D eigenvalue weighted by Crippen LogP contribution is -2.55. The van der Waals surface area contributed by atoms with Gasteiger partial charge in [-0.05, 0) is 38.1 Å². The van der Waals surface area contributed by atoms with Gasteiger partial charge < -0.3 is 15.0 Å². The smallest absolute Gasteiger partial charge is 0.406 e. The van der Waals surface area contributed by atoms with Gasteiger partial charge in [-0.15, -0.1) is 13.2 Å². The largest absolute Gasteiger partial charge is 0.573 e. The second-order valence-electron chi connectivity index (χ2n) is 5.25. The Balaban J connectivity index is 2.06. The quantitative estimate of drug-likeness (QED) is 0.912. The van der Waals surface area contributed by atoms with E-state index in [0.717, 1.165) is 12.1 Å². The Morgan fingerprint density at radius 1 is 1.19 bits per heavy atom. The van der Waals surface area contributed by atoms with Gasteiger partial charge in [0.05, 0.1) is 0 Å². The molecular weight excluding hydrogens is 285 g/mol. The van der Waals surface area contributed by atoms with Crippen molar-refractivity contribution in [3.63, 3.8) is 0 Å². The Morgan fingerprint density at radius 3 is 2.19 bits per heavy atom. The predicted molar refractivity (Wildman–Crippen MR) is 71.1 cm³/mol. The summed E-state index contributed by atoms with van der Waals surface area (Å²) in [7, 11) is 0. The SMILES string of the molecule is CC1CN(C(=O)c2ccc(OC(F)(F)F)cc2)CC(C)N1. The van der Waals surface area contributed by atoms with Crippen molar-refractivity contribution >= 4 is 5.91 Å². The molecule has 0 aromatic heterocycles. The first-order valence-electron chi connectivity index (χ1n) is 6.66. The van der Waals surface area contributed by atoms with Crippen LogP contribution < -0.4 is 10.1 Å². The van der Waals surface area contributed by atoms with Crippen LogP contribution in [0.15, 0.2) is 24.3 Å². The van der Waals surface area contributed by atoms with Crippen LogP contribution in [0.4, 0.5) is 13.2 Å². The van der Waals surface area contributed by atoms with Gasteiger partial charge in [-0.1, -0.05) is 0 Å². The molecule has 1 heterocycles. The van der Waals surface area contributed by atoms with E-state index in [2.05, 4.69) is 10.1 Å². The van der Waals surface area contributed by atoms with Crippen molar-refractivity contribution in [1.82, 2.24) is 10.2 Å². The zero-order chi connectivity index (χ0) is 15.6. The molecule has 116 valence electrons. The van der Waals surface area contributed by atoms with E-state index in [-0.39, 0.29) is 23.7 Å². The number of hydrogen-bond donors (Lipinski definition) is 1. The molecule has 2 unspecified atom stereocenters. The van der Waals surface area contributed by atoms with Crippen molar-refractivity contribution in [3.8, 4) is 5.75 Å². The molecule has 1 saturated heterocycles. The first-order chi connectivity index (χ1) is 9.74. The number of nitrogens with one attached hydrogen (secondary N) is 1. The summed E-state index contributed by atoms with van der Waals surface area (Å²) in [5.41, 5.74) is 0.353. The lowest BCUT2D eigenvalue weighted by molar-refractivity contribution is -0.274. The number of alkyl halides is 3. The predicted octanol–water partition coefficient (Wildman–Crippen LogP) is 2.41. The summed E-state index contributed by atoms with van der Waals surface area (Å²) in [5, 5.41) is 3.31. The maximum atomic E-state index is 12.3. The molecule has 0 radical (unpaired) electrons. The average Bonchev–Trinajstić information content (AvgIpc) is 2.35. The highest BCUT2D eigenvalue weighted by Gasteiger charge is 2.31. The van der Waals surface area contributed by atoms with Gasteiger partial charge in [0.2, 0.25) is 0 Å². The minimum Gasteiger partial charge on any atom is -0.406 e. The van der Waals surface area contributed by atoms with Gasteiger partial charge in [-0.3, -0.25) is 4.79 Å². The summed E-state index contributed by atoms with van der Waals surface area (Å²) in [4.78, 5) is 14.0. The summed E-state index contributed by atoms with van der Waals surface area (Å²) >= 11 is 0. The molecule has 0 spiro atoms. The number of piperazine rings is 1. The Morgan fingerprint density at radius 2 is 1.71 bits per heavy atom. The zero-order valence-electron chi connectivity index (χ0n) is 11.8. The molecule has 1 fully saturated rings. The molecule has 0 saturated carbocycles.